The molecule has 32 heavy (non-hydrogen) atoms. The Morgan fingerprint density at radius 3 is 2.34 bits per heavy atom. The van der Waals surface area contributed by atoms with E-state index in [9.17, 15) is 27.2 Å². The fourth-order valence-corrected chi connectivity index (χ4v) is 3.55. The van der Waals surface area contributed by atoms with E-state index in [0.717, 1.165) is 18.2 Å². The molecule has 0 amide bonds. The molecule has 3 rings (SSSR count). The van der Waals surface area contributed by atoms with Crippen molar-refractivity contribution in [3.8, 4) is 0 Å². The van der Waals surface area contributed by atoms with E-state index in [4.69, 9.17) is 10.5 Å². The second kappa shape index (κ2) is 9.68. The molecule has 1 aromatic carbocycles. The molecule has 0 unspecified atom stereocenters. The van der Waals surface area contributed by atoms with Crippen LogP contribution in [0.4, 0.5) is 23.4 Å². The zero-order valence-electron chi connectivity index (χ0n) is 17.5. The fourth-order valence-electron chi connectivity index (χ4n) is 3.55. The number of halogens is 4. The number of aryl methyl sites for hydroxylation is 1. The van der Waals surface area contributed by atoms with Crippen molar-refractivity contribution in [3.05, 3.63) is 46.7 Å². The number of Topliss-reactive ketones (excluding diaryl/α,β-unsaturated/α-hetero) is 1. The van der Waals surface area contributed by atoms with Gasteiger partial charge in [-0.05, 0) is 18.6 Å². The number of alkyl halides is 2. The number of carbonyl (C=O) groups excluding carboxylic acids is 2. The fraction of sp³-hybridized carbons (Fsp3) is 0.476. The number of hydrogen-bond donors (Lipinski definition) is 1. The standard InChI is InChI=1S/C21H24F4N4O3/c1-2-15-18(20(31)32-12-16(30)17-13(22)4-3-5-14(17)23)19(26)29(27-15)11-10-28-8-6-21(24,25)7-9-28/h3-5H,2,6-12,26H2,1H3. The van der Waals surface area contributed by atoms with E-state index < -0.39 is 41.5 Å². The number of rotatable bonds is 8. The van der Waals surface area contributed by atoms with E-state index in [1.54, 1.807) is 6.92 Å². The highest BCUT2D eigenvalue weighted by atomic mass is 19.3. The van der Waals surface area contributed by atoms with Gasteiger partial charge in [0.2, 0.25) is 5.78 Å². The summed E-state index contributed by atoms with van der Waals surface area (Å²) in [5.74, 6) is -6.70. The molecule has 0 atom stereocenters. The first kappa shape index (κ1) is 23.7. The predicted octanol–water partition coefficient (Wildman–Crippen LogP) is 3.08. The molecule has 7 nitrogen and oxygen atoms in total. The third-order valence-electron chi connectivity index (χ3n) is 5.39. The molecule has 2 heterocycles. The number of aromatic nitrogens is 2. The normalized spacial score (nSPS) is 16.2. The van der Waals surface area contributed by atoms with Gasteiger partial charge in [0, 0.05) is 32.5 Å². The number of ketones is 1. The molecule has 1 aromatic heterocycles. The number of benzene rings is 1. The van der Waals surface area contributed by atoms with Gasteiger partial charge in [-0.15, -0.1) is 0 Å². The van der Waals surface area contributed by atoms with Gasteiger partial charge >= 0.3 is 5.97 Å². The van der Waals surface area contributed by atoms with Crippen molar-refractivity contribution in [2.75, 3.05) is 32.0 Å². The Morgan fingerprint density at radius 1 is 1.12 bits per heavy atom. The minimum absolute atomic E-state index is 0.0127. The minimum Gasteiger partial charge on any atom is -0.454 e. The Morgan fingerprint density at radius 2 is 1.75 bits per heavy atom. The summed E-state index contributed by atoms with van der Waals surface area (Å²) in [6.07, 6.45) is -0.0839. The summed E-state index contributed by atoms with van der Waals surface area (Å²) in [6, 6.07) is 2.98. The van der Waals surface area contributed by atoms with Crippen LogP contribution >= 0.6 is 0 Å². The van der Waals surface area contributed by atoms with Gasteiger partial charge in [-0.3, -0.25) is 4.79 Å². The lowest BCUT2D eigenvalue weighted by Gasteiger charge is -2.31. The molecule has 174 valence electrons. The van der Waals surface area contributed by atoms with Crippen LogP contribution in [0.25, 0.3) is 0 Å². The van der Waals surface area contributed by atoms with Gasteiger partial charge < -0.3 is 15.4 Å². The summed E-state index contributed by atoms with van der Waals surface area (Å²) in [5.41, 5.74) is 5.58. The van der Waals surface area contributed by atoms with Crippen LogP contribution in [0.15, 0.2) is 18.2 Å². The van der Waals surface area contributed by atoms with E-state index in [2.05, 4.69) is 5.10 Å². The predicted molar refractivity (Wildman–Crippen MR) is 108 cm³/mol. The van der Waals surface area contributed by atoms with E-state index >= 15 is 0 Å². The lowest BCUT2D eigenvalue weighted by molar-refractivity contribution is -0.0555. The van der Waals surface area contributed by atoms with Crippen molar-refractivity contribution in [1.29, 1.82) is 0 Å². The van der Waals surface area contributed by atoms with Crippen molar-refractivity contribution < 1.29 is 31.9 Å². The summed E-state index contributed by atoms with van der Waals surface area (Å²) in [5, 5.41) is 4.29. The van der Waals surface area contributed by atoms with E-state index in [-0.39, 0.29) is 43.9 Å². The van der Waals surface area contributed by atoms with Gasteiger partial charge in [0.15, 0.2) is 6.61 Å². The van der Waals surface area contributed by atoms with Crippen LogP contribution in [0.3, 0.4) is 0 Å². The summed E-state index contributed by atoms with van der Waals surface area (Å²) in [4.78, 5) is 26.5. The van der Waals surface area contributed by atoms with Crippen LogP contribution in [-0.2, 0) is 17.7 Å². The second-order valence-corrected chi connectivity index (χ2v) is 7.58. The number of hydrogen-bond acceptors (Lipinski definition) is 6. The van der Waals surface area contributed by atoms with Gasteiger partial charge in [-0.1, -0.05) is 13.0 Å². The highest BCUT2D eigenvalue weighted by molar-refractivity contribution is 6.01. The quantitative estimate of drug-likeness (QED) is 0.373. The molecule has 0 spiro atoms. The topological polar surface area (TPSA) is 90.5 Å². The average molecular weight is 456 g/mol. The third-order valence-corrected chi connectivity index (χ3v) is 5.39. The second-order valence-electron chi connectivity index (χ2n) is 7.58. The Bertz CT molecular complexity index is 979. The number of carbonyl (C=O) groups is 2. The highest BCUT2D eigenvalue weighted by Crippen LogP contribution is 2.27. The Hall–Kier alpha value is -2.95. The minimum atomic E-state index is -2.64. The number of anilines is 1. The molecule has 0 bridgehead atoms. The molecule has 1 fully saturated rings. The molecule has 0 radical (unpaired) electrons. The van der Waals surface area contributed by atoms with Crippen molar-refractivity contribution in [1.82, 2.24) is 14.7 Å². The summed E-state index contributed by atoms with van der Waals surface area (Å²) in [6.45, 7) is 2.07. The number of ether oxygens (including phenoxy) is 1. The number of nitrogens with two attached hydrogens (primary N) is 1. The van der Waals surface area contributed by atoms with Crippen LogP contribution in [-0.4, -0.2) is 58.6 Å². The Labute approximate surface area is 182 Å². The van der Waals surface area contributed by atoms with Crippen molar-refractivity contribution >= 4 is 17.6 Å². The zero-order valence-corrected chi connectivity index (χ0v) is 17.5. The zero-order chi connectivity index (χ0) is 23.5. The molecule has 0 saturated carbocycles. The maximum Gasteiger partial charge on any atom is 0.344 e. The van der Waals surface area contributed by atoms with E-state index in [1.165, 1.54) is 4.68 Å². The van der Waals surface area contributed by atoms with Crippen LogP contribution in [0.1, 0.15) is 46.2 Å². The number of nitrogen functional groups attached to an aromatic ring is 1. The van der Waals surface area contributed by atoms with Gasteiger partial charge in [-0.2, -0.15) is 5.10 Å². The van der Waals surface area contributed by atoms with Crippen molar-refractivity contribution in [2.24, 2.45) is 0 Å². The first-order valence-electron chi connectivity index (χ1n) is 10.2. The lowest BCUT2D eigenvalue weighted by Crippen LogP contribution is -2.40. The van der Waals surface area contributed by atoms with Gasteiger partial charge in [0.1, 0.15) is 23.0 Å². The number of esters is 1. The maximum atomic E-state index is 13.7. The maximum absolute atomic E-state index is 13.7. The molecule has 2 aromatic rings. The molecule has 1 aliphatic rings. The van der Waals surface area contributed by atoms with E-state index in [1.807, 2.05) is 4.90 Å². The van der Waals surface area contributed by atoms with Crippen LogP contribution < -0.4 is 5.73 Å². The SMILES string of the molecule is CCc1nn(CCN2CCC(F)(F)CC2)c(N)c1C(=O)OCC(=O)c1c(F)cccc1F. The Kier molecular flexibility index (Phi) is 7.17. The largest absolute Gasteiger partial charge is 0.454 e. The molecule has 2 N–H and O–H groups in total. The van der Waals surface area contributed by atoms with Crippen molar-refractivity contribution in [2.45, 2.75) is 38.7 Å². The summed E-state index contributed by atoms with van der Waals surface area (Å²) >= 11 is 0. The van der Waals surface area contributed by atoms with Crippen LogP contribution in [0.2, 0.25) is 0 Å². The third kappa shape index (κ3) is 5.26. The first-order chi connectivity index (χ1) is 15.1. The van der Waals surface area contributed by atoms with E-state index in [0.29, 0.717) is 18.7 Å². The van der Waals surface area contributed by atoms with Gasteiger partial charge in [-0.25, -0.2) is 27.0 Å². The summed E-state index contributed by atoms with van der Waals surface area (Å²) < 4.78 is 60.4. The number of piperidine rings is 1. The van der Waals surface area contributed by atoms with Crippen molar-refractivity contribution in [3.63, 3.8) is 0 Å². The molecular weight excluding hydrogens is 432 g/mol. The molecule has 0 aliphatic carbocycles. The summed E-state index contributed by atoms with van der Waals surface area (Å²) in [7, 11) is 0. The smallest absolute Gasteiger partial charge is 0.344 e. The Balaban J connectivity index is 1.65. The molecule has 1 saturated heterocycles. The van der Waals surface area contributed by atoms with Gasteiger partial charge in [0.25, 0.3) is 5.92 Å². The average Bonchev–Trinajstić information content (AvgIpc) is 3.06. The van der Waals surface area contributed by atoms with Crippen LogP contribution in [0, 0.1) is 11.6 Å². The monoisotopic (exact) mass is 456 g/mol. The first-order valence-corrected chi connectivity index (χ1v) is 10.2. The number of nitrogens with zero attached hydrogens (tertiary/aromatic N) is 3. The highest BCUT2D eigenvalue weighted by Gasteiger charge is 2.34. The molecule has 1 aliphatic heterocycles. The number of likely N-dealkylation sites (tertiary alicyclic amines) is 1. The van der Waals surface area contributed by atoms with Gasteiger partial charge in [0.05, 0.1) is 17.8 Å². The van der Waals surface area contributed by atoms with Crippen LogP contribution in [0.5, 0.6) is 0 Å². The molecular formula is C21H24F4N4O3. The lowest BCUT2D eigenvalue weighted by atomic mass is 10.1. The molecule has 11 heteroatoms.